The average Bonchev–Trinajstić information content (AvgIpc) is 2.88. The van der Waals surface area contributed by atoms with Gasteiger partial charge in [-0.2, -0.15) is 5.26 Å². The molecule has 86 valence electrons. The van der Waals surface area contributed by atoms with E-state index in [0.717, 1.165) is 6.42 Å². The molecule has 0 heterocycles. The molecule has 0 aliphatic heterocycles. The molecule has 1 saturated carbocycles. The molecule has 0 aromatic carbocycles. The van der Waals surface area contributed by atoms with Crippen molar-refractivity contribution in [3.05, 3.63) is 0 Å². The summed E-state index contributed by atoms with van der Waals surface area (Å²) >= 11 is 0. The lowest BCUT2D eigenvalue weighted by atomic mass is 10.2. The van der Waals surface area contributed by atoms with Gasteiger partial charge in [0.15, 0.2) is 5.25 Å². The largest absolute Gasteiger partial charge is 0.228 e. The maximum atomic E-state index is 11.7. The summed E-state index contributed by atoms with van der Waals surface area (Å²) < 4.78 is 25.9. The van der Waals surface area contributed by atoms with Gasteiger partial charge in [-0.05, 0) is 25.7 Å². The van der Waals surface area contributed by atoms with Crippen LogP contribution in [-0.2, 0) is 10.0 Å². The number of rotatable bonds is 6. The van der Waals surface area contributed by atoms with Crippen molar-refractivity contribution < 1.29 is 8.42 Å². The first-order chi connectivity index (χ1) is 6.99. The normalized spacial score (nSPS) is 20.6. The Morgan fingerprint density at radius 1 is 1.53 bits per heavy atom. The molecule has 1 aliphatic carbocycles. The third kappa shape index (κ3) is 3.80. The summed E-state index contributed by atoms with van der Waals surface area (Å²) in [6.45, 7) is 3.57. The lowest BCUT2D eigenvalue weighted by Crippen LogP contribution is -2.39. The molecule has 1 aliphatic rings. The van der Waals surface area contributed by atoms with Gasteiger partial charge in [0.2, 0.25) is 10.0 Å². The number of nitrogens with zero attached hydrogens (tertiary/aromatic N) is 1. The minimum Gasteiger partial charge on any atom is -0.211 e. The van der Waals surface area contributed by atoms with E-state index >= 15 is 0 Å². The third-order valence-electron chi connectivity index (χ3n) is 2.64. The summed E-state index contributed by atoms with van der Waals surface area (Å²) in [6.07, 6.45) is 3.64. The number of nitrogens with one attached hydrogen (secondary N) is 1. The minimum absolute atomic E-state index is 0.0510. The van der Waals surface area contributed by atoms with E-state index in [2.05, 4.69) is 4.72 Å². The first-order valence-corrected chi connectivity index (χ1v) is 6.95. The highest BCUT2D eigenvalue weighted by Gasteiger charge is 2.28. The molecule has 2 unspecified atom stereocenters. The lowest BCUT2D eigenvalue weighted by Gasteiger charge is -2.15. The van der Waals surface area contributed by atoms with Gasteiger partial charge < -0.3 is 0 Å². The molecule has 0 saturated heterocycles. The summed E-state index contributed by atoms with van der Waals surface area (Å²) in [4.78, 5) is 0. The Balaban J connectivity index is 2.50. The molecule has 1 rings (SSSR count). The molecule has 5 heteroatoms. The first-order valence-electron chi connectivity index (χ1n) is 5.40. The summed E-state index contributed by atoms with van der Waals surface area (Å²) in [5.41, 5.74) is 0. The third-order valence-corrected chi connectivity index (χ3v) is 4.56. The van der Waals surface area contributed by atoms with Crippen LogP contribution in [0.4, 0.5) is 0 Å². The predicted octanol–water partition coefficient (Wildman–Crippen LogP) is 1.40. The van der Waals surface area contributed by atoms with E-state index in [9.17, 15) is 8.42 Å². The van der Waals surface area contributed by atoms with Crippen LogP contribution in [0.3, 0.4) is 0 Å². The number of hydrogen-bond acceptors (Lipinski definition) is 3. The predicted molar refractivity (Wildman–Crippen MR) is 58.6 cm³/mol. The second kappa shape index (κ2) is 4.95. The minimum atomic E-state index is -3.45. The van der Waals surface area contributed by atoms with E-state index in [4.69, 9.17) is 5.26 Å². The van der Waals surface area contributed by atoms with Gasteiger partial charge in [-0.15, -0.1) is 0 Å². The Bertz CT molecular complexity index is 341. The van der Waals surface area contributed by atoms with Crippen molar-refractivity contribution >= 4 is 10.0 Å². The summed E-state index contributed by atoms with van der Waals surface area (Å²) in [5, 5.41) is 7.78. The zero-order chi connectivity index (χ0) is 11.5. The van der Waals surface area contributed by atoms with Crippen molar-refractivity contribution in [3.8, 4) is 6.07 Å². The molecule has 0 aromatic heterocycles. The van der Waals surface area contributed by atoms with Crippen LogP contribution in [0.1, 0.15) is 39.5 Å². The van der Waals surface area contributed by atoms with Gasteiger partial charge in [-0.1, -0.05) is 19.8 Å². The molecule has 0 aromatic rings. The highest BCUT2D eigenvalue weighted by molar-refractivity contribution is 7.90. The summed E-state index contributed by atoms with van der Waals surface area (Å²) in [7, 11) is -3.45. The van der Waals surface area contributed by atoms with Gasteiger partial charge in [0.1, 0.15) is 0 Å². The van der Waals surface area contributed by atoms with Crippen LogP contribution in [0.2, 0.25) is 0 Å². The van der Waals surface area contributed by atoms with Gasteiger partial charge in [-0.3, -0.25) is 0 Å². The topological polar surface area (TPSA) is 70.0 Å². The molecular formula is C10H18N2O2S. The second-order valence-electron chi connectivity index (χ2n) is 4.27. The summed E-state index contributed by atoms with van der Waals surface area (Å²) in [5.74, 6) is 0.685. The lowest BCUT2D eigenvalue weighted by molar-refractivity contribution is 0.524. The Morgan fingerprint density at radius 3 is 2.53 bits per heavy atom. The van der Waals surface area contributed by atoms with E-state index in [1.54, 1.807) is 6.92 Å². The van der Waals surface area contributed by atoms with Crippen molar-refractivity contribution in [1.29, 1.82) is 5.26 Å². The standard InChI is InChI=1S/C10H18N2O2S/c1-3-10(7-11)15(13,14)12-8(2)6-9-4-5-9/h8-10,12H,3-6H2,1-2H3. The van der Waals surface area contributed by atoms with E-state index in [1.807, 2.05) is 13.0 Å². The smallest absolute Gasteiger partial charge is 0.211 e. The van der Waals surface area contributed by atoms with E-state index in [-0.39, 0.29) is 6.04 Å². The van der Waals surface area contributed by atoms with E-state index in [0.29, 0.717) is 12.3 Å². The molecule has 0 amide bonds. The van der Waals surface area contributed by atoms with Crippen LogP contribution in [0.15, 0.2) is 0 Å². The molecule has 0 bridgehead atoms. The number of nitriles is 1. The Morgan fingerprint density at radius 2 is 2.13 bits per heavy atom. The van der Waals surface area contributed by atoms with Crippen molar-refractivity contribution in [1.82, 2.24) is 4.72 Å². The molecule has 0 radical (unpaired) electrons. The molecule has 0 spiro atoms. The second-order valence-corrected chi connectivity index (χ2v) is 6.16. The molecular weight excluding hydrogens is 212 g/mol. The zero-order valence-electron chi connectivity index (χ0n) is 9.23. The van der Waals surface area contributed by atoms with Gasteiger partial charge in [0, 0.05) is 6.04 Å². The van der Waals surface area contributed by atoms with Crippen LogP contribution in [-0.4, -0.2) is 19.7 Å². The zero-order valence-corrected chi connectivity index (χ0v) is 10.0. The van der Waals surface area contributed by atoms with Crippen molar-refractivity contribution in [2.24, 2.45) is 5.92 Å². The fourth-order valence-corrected chi connectivity index (χ4v) is 3.04. The van der Waals surface area contributed by atoms with Crippen LogP contribution in [0.25, 0.3) is 0 Å². The first kappa shape index (κ1) is 12.5. The van der Waals surface area contributed by atoms with E-state index in [1.165, 1.54) is 12.8 Å². The fraction of sp³-hybridized carbons (Fsp3) is 0.900. The van der Waals surface area contributed by atoms with Gasteiger partial charge >= 0.3 is 0 Å². The van der Waals surface area contributed by atoms with Crippen LogP contribution >= 0.6 is 0 Å². The SMILES string of the molecule is CCC(C#N)S(=O)(=O)NC(C)CC1CC1. The van der Waals surface area contributed by atoms with Gasteiger partial charge in [0.25, 0.3) is 0 Å². The highest BCUT2D eigenvalue weighted by Crippen LogP contribution is 2.33. The molecule has 4 nitrogen and oxygen atoms in total. The van der Waals surface area contributed by atoms with Gasteiger partial charge in [-0.25, -0.2) is 13.1 Å². The quantitative estimate of drug-likeness (QED) is 0.749. The maximum Gasteiger partial charge on any atom is 0.228 e. The Kier molecular flexibility index (Phi) is 4.12. The number of sulfonamides is 1. The molecule has 1 N–H and O–H groups in total. The van der Waals surface area contributed by atoms with Crippen LogP contribution in [0, 0.1) is 17.2 Å². The van der Waals surface area contributed by atoms with Crippen molar-refractivity contribution in [2.45, 2.75) is 50.8 Å². The van der Waals surface area contributed by atoms with Crippen LogP contribution < -0.4 is 4.72 Å². The monoisotopic (exact) mass is 230 g/mol. The fourth-order valence-electron chi connectivity index (χ4n) is 1.64. The maximum absolute atomic E-state index is 11.7. The Labute approximate surface area is 91.7 Å². The molecule has 15 heavy (non-hydrogen) atoms. The number of hydrogen-bond donors (Lipinski definition) is 1. The average molecular weight is 230 g/mol. The van der Waals surface area contributed by atoms with E-state index < -0.39 is 15.3 Å². The molecule has 1 fully saturated rings. The van der Waals surface area contributed by atoms with Crippen molar-refractivity contribution in [3.63, 3.8) is 0 Å². The molecule has 2 atom stereocenters. The highest BCUT2D eigenvalue weighted by atomic mass is 32.2. The van der Waals surface area contributed by atoms with Crippen LogP contribution in [0.5, 0.6) is 0 Å². The van der Waals surface area contributed by atoms with Crippen molar-refractivity contribution in [2.75, 3.05) is 0 Å². The van der Waals surface area contributed by atoms with Gasteiger partial charge in [0.05, 0.1) is 6.07 Å². The summed E-state index contributed by atoms with van der Waals surface area (Å²) in [6, 6.07) is 1.76. The Hall–Kier alpha value is -0.600.